The average Bonchev–Trinajstić information content (AvgIpc) is 3.09. The molecule has 1 aromatic carbocycles. The number of halogens is 1. The van der Waals surface area contributed by atoms with Gasteiger partial charge in [0.25, 0.3) is 11.5 Å². The lowest BCUT2D eigenvalue weighted by Crippen LogP contribution is -2.41. The van der Waals surface area contributed by atoms with E-state index in [-0.39, 0.29) is 17.4 Å². The molecule has 2 amide bonds. The first-order valence-electron chi connectivity index (χ1n) is 7.94. The van der Waals surface area contributed by atoms with E-state index in [2.05, 4.69) is 15.6 Å². The van der Waals surface area contributed by atoms with Crippen LogP contribution in [0.1, 0.15) is 16.6 Å². The molecule has 2 N–H and O–H groups in total. The fourth-order valence-corrected chi connectivity index (χ4v) is 3.23. The molecular formula is C18H15ClN4O3S. The zero-order chi connectivity index (χ0) is 19.4. The van der Waals surface area contributed by atoms with E-state index in [0.29, 0.717) is 20.6 Å². The van der Waals surface area contributed by atoms with Gasteiger partial charge in [0.15, 0.2) is 0 Å². The lowest BCUT2D eigenvalue weighted by molar-refractivity contribution is -0.117. The summed E-state index contributed by atoms with van der Waals surface area (Å²) in [7, 11) is 0. The summed E-state index contributed by atoms with van der Waals surface area (Å²) in [5.41, 5.74) is 0.946. The Hall–Kier alpha value is -2.97. The van der Waals surface area contributed by atoms with Crippen LogP contribution in [0.2, 0.25) is 4.34 Å². The maximum absolute atomic E-state index is 12.3. The average molecular weight is 403 g/mol. The van der Waals surface area contributed by atoms with Crippen LogP contribution in [0.4, 0.5) is 5.69 Å². The Bertz CT molecular complexity index is 1030. The number of carbonyl (C=O) groups is 2. The molecule has 0 bridgehead atoms. The number of hydrogen-bond acceptors (Lipinski definition) is 5. The van der Waals surface area contributed by atoms with Crippen LogP contribution in [0.15, 0.2) is 59.8 Å². The summed E-state index contributed by atoms with van der Waals surface area (Å²) in [5.74, 6) is -0.721. The fourth-order valence-electron chi connectivity index (χ4n) is 2.29. The third kappa shape index (κ3) is 4.60. The number of aromatic nitrogens is 2. The molecule has 0 saturated heterocycles. The maximum atomic E-state index is 12.3. The minimum atomic E-state index is -0.735. The Kier molecular flexibility index (Phi) is 5.68. The van der Waals surface area contributed by atoms with Crippen molar-refractivity contribution in [2.24, 2.45) is 0 Å². The van der Waals surface area contributed by atoms with Crippen LogP contribution in [0.5, 0.6) is 0 Å². The zero-order valence-electron chi connectivity index (χ0n) is 14.2. The van der Waals surface area contributed by atoms with Crippen molar-refractivity contribution in [1.29, 1.82) is 0 Å². The van der Waals surface area contributed by atoms with Crippen molar-refractivity contribution < 1.29 is 9.59 Å². The lowest BCUT2D eigenvalue weighted by Gasteiger charge is -2.14. The first kappa shape index (κ1) is 18.8. The van der Waals surface area contributed by atoms with Crippen LogP contribution in [-0.2, 0) is 4.79 Å². The molecule has 0 fully saturated rings. The highest BCUT2D eigenvalue weighted by atomic mass is 35.5. The Morgan fingerprint density at radius 2 is 1.93 bits per heavy atom. The van der Waals surface area contributed by atoms with Crippen molar-refractivity contribution in [3.05, 3.63) is 74.6 Å². The summed E-state index contributed by atoms with van der Waals surface area (Å²) < 4.78 is 1.94. The molecule has 2 heterocycles. The molecule has 1 atom stereocenters. The minimum absolute atomic E-state index is 0.251. The van der Waals surface area contributed by atoms with Crippen molar-refractivity contribution in [3.63, 3.8) is 0 Å². The van der Waals surface area contributed by atoms with Crippen LogP contribution in [0.3, 0.4) is 0 Å². The van der Waals surface area contributed by atoms with Gasteiger partial charge in [-0.3, -0.25) is 23.9 Å². The third-order valence-electron chi connectivity index (χ3n) is 3.68. The van der Waals surface area contributed by atoms with E-state index in [1.165, 1.54) is 17.0 Å². The molecule has 0 saturated carbocycles. The summed E-state index contributed by atoms with van der Waals surface area (Å²) in [6, 6.07) is 9.25. The van der Waals surface area contributed by atoms with Gasteiger partial charge in [0, 0.05) is 23.8 Å². The molecule has 138 valence electrons. The fraction of sp³-hybridized carbons (Fsp3) is 0.111. The predicted octanol–water partition coefficient (Wildman–Crippen LogP) is 2.70. The topological polar surface area (TPSA) is 93.1 Å². The summed E-state index contributed by atoms with van der Waals surface area (Å²) in [5, 5.41) is 5.34. The highest BCUT2D eigenvalue weighted by Gasteiger charge is 2.18. The second-order valence-corrected chi connectivity index (χ2v) is 7.33. The quantitative estimate of drug-likeness (QED) is 0.686. The van der Waals surface area contributed by atoms with E-state index in [9.17, 15) is 14.4 Å². The Morgan fingerprint density at radius 1 is 1.19 bits per heavy atom. The van der Waals surface area contributed by atoms with Gasteiger partial charge < -0.3 is 10.6 Å². The summed E-state index contributed by atoms with van der Waals surface area (Å²) in [6.45, 7) is 1.59. The van der Waals surface area contributed by atoms with Crippen molar-refractivity contribution in [1.82, 2.24) is 14.9 Å². The highest BCUT2D eigenvalue weighted by molar-refractivity contribution is 7.18. The normalized spacial score (nSPS) is 11.6. The van der Waals surface area contributed by atoms with Gasteiger partial charge in [0.05, 0.1) is 15.4 Å². The van der Waals surface area contributed by atoms with E-state index < -0.39 is 6.04 Å². The molecule has 9 heteroatoms. The van der Waals surface area contributed by atoms with Crippen molar-refractivity contribution in [2.45, 2.75) is 13.0 Å². The molecule has 0 unspecified atom stereocenters. The second-order valence-electron chi connectivity index (χ2n) is 5.62. The standard InChI is InChI=1S/C18H15ClN4O3S/c1-11(21-18(26)14-6-7-15(19)27-14)17(25)22-12-2-4-13(5-3-12)23-9-8-20-10-16(23)24/h2-11H,1H3,(H,21,26)(H,22,25)/t11-/m1/s1. The molecule has 0 aliphatic carbocycles. The number of thiophene rings is 1. The summed E-state index contributed by atoms with van der Waals surface area (Å²) >= 11 is 6.96. The molecule has 7 nitrogen and oxygen atoms in total. The molecule has 2 aromatic heterocycles. The van der Waals surface area contributed by atoms with Crippen LogP contribution in [0.25, 0.3) is 5.69 Å². The van der Waals surface area contributed by atoms with Crippen LogP contribution >= 0.6 is 22.9 Å². The number of hydrogen-bond donors (Lipinski definition) is 2. The highest BCUT2D eigenvalue weighted by Crippen LogP contribution is 2.21. The number of nitrogens with one attached hydrogen (secondary N) is 2. The SMILES string of the molecule is C[C@@H](NC(=O)c1ccc(Cl)s1)C(=O)Nc1ccc(-n2ccncc2=O)cc1. The number of anilines is 1. The van der Waals surface area contributed by atoms with E-state index in [1.807, 2.05) is 0 Å². The number of carbonyl (C=O) groups excluding carboxylic acids is 2. The lowest BCUT2D eigenvalue weighted by atomic mass is 10.2. The smallest absolute Gasteiger partial charge is 0.273 e. The molecule has 27 heavy (non-hydrogen) atoms. The van der Waals surface area contributed by atoms with Gasteiger partial charge in [0.2, 0.25) is 5.91 Å². The molecule has 0 aliphatic heterocycles. The zero-order valence-corrected chi connectivity index (χ0v) is 15.8. The maximum Gasteiger partial charge on any atom is 0.273 e. The summed E-state index contributed by atoms with van der Waals surface area (Å²) in [4.78, 5) is 40.3. The van der Waals surface area contributed by atoms with Crippen LogP contribution in [-0.4, -0.2) is 27.4 Å². The molecule has 3 aromatic rings. The van der Waals surface area contributed by atoms with Gasteiger partial charge in [-0.2, -0.15) is 0 Å². The number of amides is 2. The monoisotopic (exact) mass is 402 g/mol. The summed E-state index contributed by atoms with van der Waals surface area (Å²) in [6.07, 6.45) is 4.30. The molecule has 0 radical (unpaired) electrons. The predicted molar refractivity (Wildman–Crippen MR) is 105 cm³/mol. The molecule has 0 spiro atoms. The van der Waals surface area contributed by atoms with E-state index >= 15 is 0 Å². The van der Waals surface area contributed by atoms with Crippen molar-refractivity contribution >= 4 is 40.4 Å². The van der Waals surface area contributed by atoms with Crippen molar-refractivity contribution in [2.75, 3.05) is 5.32 Å². The van der Waals surface area contributed by atoms with Gasteiger partial charge in [-0.05, 0) is 43.3 Å². The Labute approximate surface area is 163 Å². The van der Waals surface area contributed by atoms with E-state index in [0.717, 1.165) is 11.3 Å². The molecular weight excluding hydrogens is 388 g/mol. The molecule has 0 aliphatic rings. The number of rotatable bonds is 5. The van der Waals surface area contributed by atoms with E-state index in [4.69, 9.17) is 11.6 Å². The molecule has 3 rings (SSSR count). The van der Waals surface area contributed by atoms with Crippen molar-refractivity contribution in [3.8, 4) is 5.69 Å². The van der Waals surface area contributed by atoms with Gasteiger partial charge >= 0.3 is 0 Å². The number of benzene rings is 1. The van der Waals surface area contributed by atoms with Crippen LogP contribution in [0, 0.1) is 0 Å². The van der Waals surface area contributed by atoms with E-state index in [1.54, 1.807) is 49.5 Å². The third-order valence-corrected chi connectivity index (χ3v) is 4.91. The Balaban J connectivity index is 1.63. The Morgan fingerprint density at radius 3 is 2.56 bits per heavy atom. The largest absolute Gasteiger partial charge is 0.340 e. The van der Waals surface area contributed by atoms with Gasteiger partial charge in [-0.15, -0.1) is 11.3 Å². The van der Waals surface area contributed by atoms with Crippen LogP contribution < -0.4 is 16.2 Å². The number of nitrogens with zero attached hydrogens (tertiary/aromatic N) is 2. The van der Waals surface area contributed by atoms with Gasteiger partial charge in [-0.25, -0.2) is 0 Å². The first-order chi connectivity index (χ1) is 12.9. The first-order valence-corrected chi connectivity index (χ1v) is 9.13. The minimum Gasteiger partial charge on any atom is -0.340 e. The van der Waals surface area contributed by atoms with Gasteiger partial charge in [-0.1, -0.05) is 11.6 Å². The second kappa shape index (κ2) is 8.15. The van der Waals surface area contributed by atoms with Gasteiger partial charge in [0.1, 0.15) is 6.04 Å².